The Morgan fingerprint density at radius 2 is 1.50 bits per heavy atom. The molecule has 0 aliphatic heterocycles. The number of phenols is 1. The number of hydrogen-bond acceptors (Lipinski definition) is 4. The lowest BCUT2D eigenvalue weighted by Crippen LogP contribution is -2.18. The van der Waals surface area contributed by atoms with Crippen molar-refractivity contribution in [2.24, 2.45) is 0 Å². The molecule has 0 fully saturated rings. The maximum atomic E-state index is 11.9. The Morgan fingerprint density at radius 1 is 0.917 bits per heavy atom. The number of anilines is 2. The topological polar surface area (TPSA) is 78.4 Å². The predicted molar refractivity (Wildman–Crippen MR) is 98.6 cm³/mol. The number of rotatable bonds is 6. The van der Waals surface area contributed by atoms with Crippen molar-refractivity contribution in [3.63, 3.8) is 0 Å². The van der Waals surface area contributed by atoms with Crippen LogP contribution in [0, 0.1) is 13.8 Å². The van der Waals surface area contributed by atoms with Crippen LogP contribution in [0.25, 0.3) is 0 Å². The van der Waals surface area contributed by atoms with Gasteiger partial charge in [0, 0.05) is 5.69 Å². The molecule has 2 rings (SSSR count). The van der Waals surface area contributed by atoms with Gasteiger partial charge in [0.2, 0.25) is 11.8 Å². The average molecular weight is 344 g/mol. The molecule has 2 aromatic rings. The van der Waals surface area contributed by atoms with Crippen molar-refractivity contribution in [3.8, 4) is 5.75 Å². The first kappa shape index (κ1) is 17.9. The van der Waals surface area contributed by atoms with E-state index in [0.29, 0.717) is 5.69 Å². The van der Waals surface area contributed by atoms with Crippen LogP contribution in [0.4, 0.5) is 11.4 Å². The number of nitrogens with one attached hydrogen (secondary N) is 2. The number of aromatic hydroxyl groups is 1. The predicted octanol–water partition coefficient (Wildman–Crippen LogP) is 3.32. The molecule has 0 aromatic heterocycles. The summed E-state index contributed by atoms with van der Waals surface area (Å²) < 4.78 is 0. The molecule has 2 amide bonds. The van der Waals surface area contributed by atoms with Gasteiger partial charge in [0.15, 0.2) is 0 Å². The summed E-state index contributed by atoms with van der Waals surface area (Å²) in [6.07, 6.45) is 0. The van der Waals surface area contributed by atoms with Crippen molar-refractivity contribution in [2.75, 3.05) is 22.1 Å². The summed E-state index contributed by atoms with van der Waals surface area (Å²) in [5, 5.41) is 15.2. The van der Waals surface area contributed by atoms with E-state index in [1.54, 1.807) is 18.2 Å². The zero-order valence-electron chi connectivity index (χ0n) is 13.6. The molecule has 0 radical (unpaired) electrons. The van der Waals surface area contributed by atoms with Gasteiger partial charge in [-0.15, -0.1) is 11.8 Å². The lowest BCUT2D eigenvalue weighted by Gasteiger charge is -2.08. The molecule has 3 N–H and O–H groups in total. The first-order valence-corrected chi connectivity index (χ1v) is 8.63. The van der Waals surface area contributed by atoms with Gasteiger partial charge in [0.1, 0.15) is 5.75 Å². The molecular formula is C18H20N2O3S. The summed E-state index contributed by atoms with van der Waals surface area (Å²) in [5.74, 6) is -0.0712. The molecule has 0 aliphatic carbocycles. The van der Waals surface area contributed by atoms with Gasteiger partial charge in [0.25, 0.3) is 0 Å². The first-order valence-electron chi connectivity index (χ1n) is 7.48. The van der Waals surface area contributed by atoms with E-state index >= 15 is 0 Å². The molecule has 0 spiro atoms. The Labute approximate surface area is 145 Å². The van der Waals surface area contributed by atoms with E-state index in [2.05, 4.69) is 10.6 Å². The molecule has 0 aliphatic rings. The highest BCUT2D eigenvalue weighted by Gasteiger charge is 2.09. The van der Waals surface area contributed by atoms with Gasteiger partial charge in [-0.25, -0.2) is 0 Å². The number of hydrogen-bond donors (Lipinski definition) is 3. The van der Waals surface area contributed by atoms with Gasteiger partial charge in [-0.3, -0.25) is 9.59 Å². The van der Waals surface area contributed by atoms with E-state index in [4.69, 9.17) is 0 Å². The number of carbonyl (C=O) groups is 2. The lowest BCUT2D eigenvalue weighted by molar-refractivity contribution is -0.114. The molecule has 0 saturated heterocycles. The minimum absolute atomic E-state index is 0.0328. The lowest BCUT2D eigenvalue weighted by atomic mass is 10.2. The number of aryl methyl sites for hydroxylation is 2. The summed E-state index contributed by atoms with van der Waals surface area (Å²) in [7, 11) is 0. The Bertz CT molecular complexity index is 730. The third-order valence-electron chi connectivity index (χ3n) is 3.23. The Balaban J connectivity index is 1.73. The van der Waals surface area contributed by atoms with E-state index in [9.17, 15) is 14.7 Å². The van der Waals surface area contributed by atoms with E-state index < -0.39 is 0 Å². The SMILES string of the molecule is Cc1ccc(NC(=O)CSCC(=O)Nc2ccc(C)cc2O)cc1. The van der Waals surface area contributed by atoms with Crippen LogP contribution < -0.4 is 10.6 Å². The zero-order chi connectivity index (χ0) is 17.5. The average Bonchev–Trinajstić information content (AvgIpc) is 2.52. The number of phenolic OH excluding ortho intramolecular Hbond substituents is 1. The Morgan fingerprint density at radius 3 is 2.12 bits per heavy atom. The standard InChI is InChI=1S/C18H20N2O3S/c1-12-3-6-14(7-4-12)19-17(22)10-24-11-18(23)20-15-8-5-13(2)9-16(15)21/h3-9,21H,10-11H2,1-2H3,(H,19,22)(H,20,23). The van der Waals surface area contributed by atoms with Crippen molar-refractivity contribution >= 4 is 35.0 Å². The Kier molecular flexibility index (Phi) is 6.26. The molecule has 6 heteroatoms. The molecule has 0 heterocycles. The second kappa shape index (κ2) is 8.40. The van der Waals surface area contributed by atoms with Gasteiger partial charge in [-0.2, -0.15) is 0 Å². The van der Waals surface area contributed by atoms with Gasteiger partial charge in [-0.05, 0) is 43.7 Å². The van der Waals surface area contributed by atoms with Crippen LogP contribution in [0.1, 0.15) is 11.1 Å². The van der Waals surface area contributed by atoms with Crippen molar-refractivity contribution in [1.82, 2.24) is 0 Å². The van der Waals surface area contributed by atoms with Gasteiger partial charge < -0.3 is 15.7 Å². The van der Waals surface area contributed by atoms with Crippen LogP contribution in [-0.4, -0.2) is 28.4 Å². The maximum Gasteiger partial charge on any atom is 0.234 e. The third kappa shape index (κ3) is 5.62. The summed E-state index contributed by atoms with van der Waals surface area (Å²) in [5.41, 5.74) is 3.14. The van der Waals surface area contributed by atoms with Gasteiger partial charge >= 0.3 is 0 Å². The molecule has 0 unspecified atom stereocenters. The highest BCUT2D eigenvalue weighted by Crippen LogP contribution is 2.24. The third-order valence-corrected chi connectivity index (χ3v) is 4.16. The fourth-order valence-corrected chi connectivity index (χ4v) is 2.62. The number of thioether (sulfide) groups is 1. The number of carbonyl (C=O) groups excluding carboxylic acids is 2. The van der Waals surface area contributed by atoms with Crippen molar-refractivity contribution in [2.45, 2.75) is 13.8 Å². The first-order chi connectivity index (χ1) is 11.4. The quantitative estimate of drug-likeness (QED) is 0.703. The fraction of sp³-hybridized carbons (Fsp3) is 0.222. The van der Waals surface area contributed by atoms with E-state index in [-0.39, 0.29) is 29.1 Å². The van der Waals surface area contributed by atoms with Crippen LogP contribution in [0.3, 0.4) is 0 Å². The smallest absolute Gasteiger partial charge is 0.234 e. The molecular weight excluding hydrogens is 324 g/mol. The van der Waals surface area contributed by atoms with Crippen LogP contribution in [0.2, 0.25) is 0 Å². The van der Waals surface area contributed by atoms with Gasteiger partial charge in [0.05, 0.1) is 17.2 Å². The molecule has 5 nitrogen and oxygen atoms in total. The normalized spacial score (nSPS) is 10.2. The summed E-state index contributed by atoms with van der Waals surface area (Å²) >= 11 is 1.21. The zero-order valence-corrected chi connectivity index (χ0v) is 14.4. The van der Waals surface area contributed by atoms with Crippen molar-refractivity contribution < 1.29 is 14.7 Å². The largest absolute Gasteiger partial charge is 0.506 e. The molecule has 2 aromatic carbocycles. The molecule has 0 bridgehead atoms. The fourth-order valence-electron chi connectivity index (χ4n) is 2.00. The van der Waals surface area contributed by atoms with E-state index in [1.165, 1.54) is 11.8 Å². The molecule has 0 atom stereocenters. The van der Waals surface area contributed by atoms with Crippen molar-refractivity contribution in [3.05, 3.63) is 53.6 Å². The second-order valence-electron chi connectivity index (χ2n) is 5.48. The number of benzene rings is 2. The monoisotopic (exact) mass is 344 g/mol. The van der Waals surface area contributed by atoms with Crippen LogP contribution in [0.5, 0.6) is 5.75 Å². The minimum Gasteiger partial charge on any atom is -0.506 e. The highest BCUT2D eigenvalue weighted by atomic mass is 32.2. The van der Waals surface area contributed by atoms with Crippen LogP contribution in [-0.2, 0) is 9.59 Å². The van der Waals surface area contributed by atoms with E-state index in [1.807, 2.05) is 38.1 Å². The Hall–Kier alpha value is -2.47. The van der Waals surface area contributed by atoms with Crippen LogP contribution >= 0.6 is 11.8 Å². The maximum absolute atomic E-state index is 11.9. The molecule has 126 valence electrons. The minimum atomic E-state index is -0.262. The number of amides is 2. The molecule has 24 heavy (non-hydrogen) atoms. The van der Waals surface area contributed by atoms with E-state index in [0.717, 1.165) is 16.8 Å². The highest BCUT2D eigenvalue weighted by molar-refractivity contribution is 8.00. The summed E-state index contributed by atoms with van der Waals surface area (Å²) in [6, 6.07) is 12.6. The second-order valence-corrected chi connectivity index (χ2v) is 6.46. The molecule has 0 saturated carbocycles. The summed E-state index contributed by atoms with van der Waals surface area (Å²) in [6.45, 7) is 3.83. The van der Waals surface area contributed by atoms with Crippen molar-refractivity contribution in [1.29, 1.82) is 0 Å². The van der Waals surface area contributed by atoms with Gasteiger partial charge in [-0.1, -0.05) is 23.8 Å². The summed E-state index contributed by atoms with van der Waals surface area (Å²) in [4.78, 5) is 23.7. The van der Waals surface area contributed by atoms with Crippen LogP contribution in [0.15, 0.2) is 42.5 Å².